The molecule has 0 atom stereocenters. The highest BCUT2D eigenvalue weighted by molar-refractivity contribution is 8.18. The number of hydrogen-bond donors (Lipinski definition) is 1. The number of carbonyl (C=O) groups is 4. The van der Waals surface area contributed by atoms with Crippen LogP contribution < -0.4 is 0 Å². The van der Waals surface area contributed by atoms with Gasteiger partial charge < -0.3 is 10.0 Å². The Hall–Kier alpha value is -2.61. The van der Waals surface area contributed by atoms with Gasteiger partial charge in [-0.2, -0.15) is 0 Å². The van der Waals surface area contributed by atoms with Crippen molar-refractivity contribution in [1.82, 2.24) is 9.80 Å². The van der Waals surface area contributed by atoms with Crippen LogP contribution in [0.15, 0.2) is 29.2 Å². The minimum atomic E-state index is -0.828. The zero-order chi connectivity index (χ0) is 21.8. The van der Waals surface area contributed by atoms with Gasteiger partial charge >= 0.3 is 5.97 Å². The number of carboxylic acid groups (broad SMARTS) is 1. The summed E-state index contributed by atoms with van der Waals surface area (Å²) in [6, 6.07) is 7.86. The maximum atomic E-state index is 12.6. The van der Waals surface area contributed by atoms with Crippen LogP contribution in [-0.4, -0.2) is 57.6 Å². The number of amides is 3. The molecule has 2 fully saturated rings. The van der Waals surface area contributed by atoms with Gasteiger partial charge in [-0.05, 0) is 47.7 Å². The molecule has 0 spiro atoms. The summed E-state index contributed by atoms with van der Waals surface area (Å²) in [5.74, 6) is -1.36. The quantitative estimate of drug-likeness (QED) is 0.694. The van der Waals surface area contributed by atoms with Crippen LogP contribution in [-0.2, 0) is 14.4 Å². The summed E-state index contributed by atoms with van der Waals surface area (Å²) in [5.41, 5.74) is 2.05. The van der Waals surface area contributed by atoms with E-state index in [1.54, 1.807) is 11.0 Å². The van der Waals surface area contributed by atoms with Crippen molar-refractivity contribution >= 4 is 40.9 Å². The zero-order valence-electron chi connectivity index (χ0n) is 17.2. The molecule has 0 aliphatic carbocycles. The first-order valence-electron chi connectivity index (χ1n) is 10.1. The first kappa shape index (κ1) is 22.1. The van der Waals surface area contributed by atoms with Crippen LogP contribution in [0.3, 0.4) is 0 Å². The second-order valence-electron chi connectivity index (χ2n) is 7.90. The number of piperidine rings is 1. The number of carboxylic acids is 1. The molecule has 2 saturated heterocycles. The lowest BCUT2D eigenvalue weighted by molar-refractivity contribution is -0.145. The molecule has 2 heterocycles. The minimum absolute atomic E-state index is 0.0337. The molecule has 1 aromatic carbocycles. The lowest BCUT2D eigenvalue weighted by Crippen LogP contribution is -2.42. The Labute approximate surface area is 180 Å². The lowest BCUT2D eigenvalue weighted by atomic mass is 9.97. The van der Waals surface area contributed by atoms with E-state index < -0.39 is 11.9 Å². The third-order valence-corrected chi connectivity index (χ3v) is 6.43. The molecule has 0 radical (unpaired) electrons. The van der Waals surface area contributed by atoms with Gasteiger partial charge in [-0.1, -0.05) is 38.1 Å². The van der Waals surface area contributed by atoms with Gasteiger partial charge in [0.2, 0.25) is 5.91 Å². The number of likely N-dealkylation sites (tertiary alicyclic amines) is 1. The summed E-state index contributed by atoms with van der Waals surface area (Å²) in [7, 11) is 0. The number of nitrogens with zero attached hydrogens (tertiary/aromatic N) is 2. The van der Waals surface area contributed by atoms with E-state index in [4.69, 9.17) is 5.11 Å². The van der Waals surface area contributed by atoms with E-state index >= 15 is 0 Å². The zero-order valence-corrected chi connectivity index (χ0v) is 18.0. The van der Waals surface area contributed by atoms with Crippen molar-refractivity contribution in [1.29, 1.82) is 0 Å². The molecule has 1 aromatic rings. The summed E-state index contributed by atoms with van der Waals surface area (Å²) in [6.45, 7) is 5.03. The highest BCUT2D eigenvalue weighted by Gasteiger charge is 2.35. The molecular weight excluding hydrogens is 404 g/mol. The van der Waals surface area contributed by atoms with Crippen molar-refractivity contribution < 1.29 is 24.3 Å². The molecule has 3 amide bonds. The molecular formula is C22H26N2O5S. The molecule has 3 rings (SSSR count). The molecule has 7 nitrogen and oxygen atoms in total. The molecule has 8 heteroatoms. The van der Waals surface area contributed by atoms with Crippen molar-refractivity contribution in [2.75, 3.05) is 19.6 Å². The standard InChI is InChI=1S/C22H26N2O5S/c1-14(2)16-5-3-15(4-6-16)13-18-20(26)24(22(29)30-18)12-9-19(25)23-10-7-17(8-11-23)21(27)28/h3-6,13-14,17H,7-12H2,1-2H3,(H,27,28). The van der Waals surface area contributed by atoms with E-state index in [1.165, 1.54) is 5.56 Å². The van der Waals surface area contributed by atoms with Crippen molar-refractivity contribution in [3.8, 4) is 0 Å². The Morgan fingerprint density at radius 1 is 1.17 bits per heavy atom. The second-order valence-corrected chi connectivity index (χ2v) is 8.89. The fourth-order valence-corrected chi connectivity index (χ4v) is 4.43. The molecule has 30 heavy (non-hydrogen) atoms. The predicted molar refractivity (Wildman–Crippen MR) is 115 cm³/mol. The summed E-state index contributed by atoms with van der Waals surface area (Å²) in [4.78, 5) is 51.4. The number of thioether (sulfide) groups is 1. The number of benzene rings is 1. The maximum absolute atomic E-state index is 12.6. The molecule has 1 N–H and O–H groups in total. The summed E-state index contributed by atoms with van der Waals surface area (Å²) in [6.07, 6.45) is 2.61. The Kier molecular flexibility index (Phi) is 6.97. The maximum Gasteiger partial charge on any atom is 0.306 e. The van der Waals surface area contributed by atoms with Crippen LogP contribution in [0.4, 0.5) is 4.79 Å². The molecule has 2 aliphatic heterocycles. The summed E-state index contributed by atoms with van der Waals surface area (Å²) >= 11 is 0.886. The van der Waals surface area contributed by atoms with E-state index in [9.17, 15) is 19.2 Å². The van der Waals surface area contributed by atoms with E-state index in [1.807, 2.05) is 24.3 Å². The predicted octanol–water partition coefficient (Wildman–Crippen LogP) is 3.56. The second kappa shape index (κ2) is 9.47. The van der Waals surface area contributed by atoms with Gasteiger partial charge in [0.1, 0.15) is 0 Å². The fraction of sp³-hybridized carbons (Fsp3) is 0.455. The van der Waals surface area contributed by atoms with Gasteiger partial charge in [0.15, 0.2) is 0 Å². The number of aliphatic carboxylic acids is 1. The third kappa shape index (κ3) is 5.11. The van der Waals surface area contributed by atoms with Crippen LogP contribution >= 0.6 is 11.8 Å². The van der Waals surface area contributed by atoms with E-state index in [0.717, 1.165) is 22.2 Å². The average molecular weight is 431 g/mol. The van der Waals surface area contributed by atoms with Gasteiger partial charge in [-0.15, -0.1) is 0 Å². The van der Waals surface area contributed by atoms with Crippen LogP contribution in [0.5, 0.6) is 0 Å². The van der Waals surface area contributed by atoms with Gasteiger partial charge in [0.25, 0.3) is 11.1 Å². The van der Waals surface area contributed by atoms with Crippen LogP contribution in [0.2, 0.25) is 0 Å². The van der Waals surface area contributed by atoms with Gasteiger partial charge in [-0.25, -0.2) is 0 Å². The van der Waals surface area contributed by atoms with Crippen molar-refractivity contribution in [3.05, 3.63) is 40.3 Å². The SMILES string of the molecule is CC(C)c1ccc(C=C2SC(=O)N(CCC(=O)N3CCC(C(=O)O)CC3)C2=O)cc1. The Bertz CT molecular complexity index is 870. The Morgan fingerprint density at radius 3 is 2.37 bits per heavy atom. The van der Waals surface area contributed by atoms with Crippen molar-refractivity contribution in [2.24, 2.45) is 5.92 Å². The van der Waals surface area contributed by atoms with Gasteiger partial charge in [0.05, 0.1) is 10.8 Å². The third-order valence-electron chi connectivity index (χ3n) is 5.52. The normalized spacial score (nSPS) is 19.2. The monoisotopic (exact) mass is 430 g/mol. The largest absolute Gasteiger partial charge is 0.481 e. The number of rotatable bonds is 6. The fourth-order valence-electron chi connectivity index (χ4n) is 3.56. The average Bonchev–Trinajstić information content (AvgIpc) is 2.99. The van der Waals surface area contributed by atoms with Crippen molar-refractivity contribution in [2.45, 2.75) is 39.0 Å². The number of hydrogen-bond acceptors (Lipinski definition) is 5. The highest BCUT2D eigenvalue weighted by atomic mass is 32.2. The Morgan fingerprint density at radius 2 is 1.80 bits per heavy atom. The first-order valence-corrected chi connectivity index (χ1v) is 10.9. The molecule has 0 unspecified atom stereocenters. The van der Waals surface area contributed by atoms with Gasteiger partial charge in [-0.3, -0.25) is 24.1 Å². The smallest absolute Gasteiger partial charge is 0.306 e. The number of carbonyl (C=O) groups excluding carboxylic acids is 3. The Balaban J connectivity index is 1.56. The first-order chi connectivity index (χ1) is 14.3. The van der Waals surface area contributed by atoms with E-state index in [0.29, 0.717) is 36.8 Å². The minimum Gasteiger partial charge on any atom is -0.481 e. The molecule has 160 valence electrons. The van der Waals surface area contributed by atoms with E-state index in [-0.39, 0.29) is 30.0 Å². The molecule has 2 aliphatic rings. The molecule has 0 saturated carbocycles. The van der Waals surface area contributed by atoms with Crippen molar-refractivity contribution in [3.63, 3.8) is 0 Å². The highest BCUT2D eigenvalue weighted by Crippen LogP contribution is 2.32. The van der Waals surface area contributed by atoms with Crippen LogP contribution in [0, 0.1) is 5.92 Å². The summed E-state index contributed by atoms with van der Waals surface area (Å²) < 4.78 is 0. The van der Waals surface area contributed by atoms with Gasteiger partial charge in [0, 0.05) is 26.1 Å². The lowest BCUT2D eigenvalue weighted by Gasteiger charge is -2.30. The topological polar surface area (TPSA) is 95.0 Å². The summed E-state index contributed by atoms with van der Waals surface area (Å²) in [5, 5.41) is 8.67. The van der Waals surface area contributed by atoms with Crippen LogP contribution in [0.1, 0.15) is 50.2 Å². The van der Waals surface area contributed by atoms with E-state index in [2.05, 4.69) is 13.8 Å². The number of imide groups is 1. The van der Waals surface area contributed by atoms with Crippen LogP contribution in [0.25, 0.3) is 6.08 Å². The molecule has 0 aromatic heterocycles. The molecule has 0 bridgehead atoms.